The van der Waals surface area contributed by atoms with Crippen molar-refractivity contribution in [2.24, 2.45) is 7.05 Å². The molecule has 3 rings (SSSR count). The summed E-state index contributed by atoms with van der Waals surface area (Å²) in [6.07, 6.45) is 0. The van der Waals surface area contributed by atoms with Gasteiger partial charge < -0.3 is 10.1 Å². The average Bonchev–Trinajstić information content (AvgIpc) is 2.63. The minimum atomic E-state index is -0.341. The first-order valence-corrected chi connectivity index (χ1v) is 8.70. The Hall–Kier alpha value is -2.83. The van der Waals surface area contributed by atoms with Crippen LogP contribution in [0.2, 0.25) is 10.0 Å². The first kappa shape index (κ1) is 18.9. The lowest BCUT2D eigenvalue weighted by atomic mass is 10.1. The fourth-order valence-electron chi connectivity index (χ4n) is 2.35. The van der Waals surface area contributed by atoms with Gasteiger partial charge >= 0.3 is 0 Å². The van der Waals surface area contributed by atoms with E-state index in [2.05, 4.69) is 10.4 Å². The molecule has 1 amide bonds. The van der Waals surface area contributed by atoms with Gasteiger partial charge in [-0.15, -0.1) is 0 Å². The maximum Gasteiger partial charge on any atom is 0.266 e. The molecule has 2 aromatic carbocycles. The van der Waals surface area contributed by atoms with E-state index in [1.807, 2.05) is 6.07 Å². The molecule has 0 saturated heterocycles. The van der Waals surface area contributed by atoms with Crippen molar-refractivity contribution in [2.45, 2.75) is 0 Å². The predicted octanol–water partition coefficient (Wildman–Crippen LogP) is 3.77. The minimum Gasteiger partial charge on any atom is -0.482 e. The maximum absolute atomic E-state index is 12.1. The highest BCUT2D eigenvalue weighted by atomic mass is 35.5. The third-order valence-electron chi connectivity index (χ3n) is 3.66. The van der Waals surface area contributed by atoms with E-state index in [9.17, 15) is 9.59 Å². The molecule has 6 nitrogen and oxygen atoms in total. The van der Waals surface area contributed by atoms with Gasteiger partial charge in [-0.25, -0.2) is 4.68 Å². The van der Waals surface area contributed by atoms with Gasteiger partial charge in [0.15, 0.2) is 6.61 Å². The van der Waals surface area contributed by atoms with E-state index in [1.165, 1.54) is 10.7 Å². The second-order valence-electron chi connectivity index (χ2n) is 5.67. The number of anilines is 1. The molecular weight excluding hydrogens is 389 g/mol. The second kappa shape index (κ2) is 8.24. The monoisotopic (exact) mass is 403 g/mol. The summed E-state index contributed by atoms with van der Waals surface area (Å²) in [5.41, 5.74) is 1.78. The fourth-order valence-corrected chi connectivity index (χ4v) is 2.81. The van der Waals surface area contributed by atoms with Crippen molar-refractivity contribution in [3.63, 3.8) is 0 Å². The van der Waals surface area contributed by atoms with Crippen LogP contribution in [0.25, 0.3) is 11.3 Å². The summed E-state index contributed by atoms with van der Waals surface area (Å²) in [5.74, 6) is 0.0333. The van der Waals surface area contributed by atoms with Crippen LogP contribution in [0.5, 0.6) is 5.75 Å². The van der Waals surface area contributed by atoms with Crippen LogP contribution in [-0.2, 0) is 11.8 Å². The summed E-state index contributed by atoms with van der Waals surface area (Å²) in [7, 11) is 1.58. The topological polar surface area (TPSA) is 73.2 Å². The Bertz CT molecular complexity index is 1050. The van der Waals surface area contributed by atoms with Crippen LogP contribution in [0, 0.1) is 0 Å². The van der Waals surface area contributed by atoms with E-state index < -0.39 is 0 Å². The number of aryl methyl sites for hydroxylation is 1. The molecule has 0 unspecified atom stereocenters. The quantitative estimate of drug-likeness (QED) is 0.703. The lowest BCUT2D eigenvalue weighted by Gasteiger charge is -2.10. The summed E-state index contributed by atoms with van der Waals surface area (Å²) < 4.78 is 6.67. The Balaban J connectivity index is 1.67. The summed E-state index contributed by atoms with van der Waals surface area (Å²) >= 11 is 11.8. The normalized spacial score (nSPS) is 10.5. The van der Waals surface area contributed by atoms with Gasteiger partial charge in [0.1, 0.15) is 5.75 Å². The Morgan fingerprint density at radius 2 is 1.96 bits per heavy atom. The van der Waals surface area contributed by atoms with Gasteiger partial charge in [-0.3, -0.25) is 9.59 Å². The molecule has 138 valence electrons. The Labute approximate surface area is 165 Å². The molecule has 1 N–H and O–H groups in total. The van der Waals surface area contributed by atoms with Crippen molar-refractivity contribution in [2.75, 3.05) is 11.9 Å². The molecular formula is C19H15Cl2N3O3. The largest absolute Gasteiger partial charge is 0.482 e. The highest BCUT2D eigenvalue weighted by Gasteiger charge is 2.08. The highest BCUT2D eigenvalue weighted by Crippen LogP contribution is 2.27. The number of halogens is 2. The standard InChI is InChI=1S/C19H15Cl2N3O3/c1-24-19(26)8-6-16(23-24)12-3-2-4-14(9-12)22-18(25)11-27-17-7-5-13(20)10-15(17)21/h2-10H,11H2,1H3,(H,22,25). The predicted molar refractivity (Wildman–Crippen MR) is 106 cm³/mol. The molecule has 0 bridgehead atoms. The zero-order valence-corrected chi connectivity index (χ0v) is 15.8. The summed E-state index contributed by atoms with van der Waals surface area (Å²) in [5, 5.41) is 7.77. The molecule has 0 aliphatic carbocycles. The zero-order valence-electron chi connectivity index (χ0n) is 14.3. The number of ether oxygens (including phenoxy) is 1. The van der Waals surface area contributed by atoms with Crippen LogP contribution < -0.4 is 15.6 Å². The molecule has 0 aliphatic rings. The van der Waals surface area contributed by atoms with Gasteiger partial charge in [-0.2, -0.15) is 5.10 Å². The number of carbonyl (C=O) groups is 1. The lowest BCUT2D eigenvalue weighted by Crippen LogP contribution is -2.20. The van der Waals surface area contributed by atoms with Crippen LogP contribution in [0.15, 0.2) is 59.4 Å². The van der Waals surface area contributed by atoms with Crippen LogP contribution in [0.1, 0.15) is 0 Å². The van der Waals surface area contributed by atoms with Crippen molar-refractivity contribution in [3.8, 4) is 17.0 Å². The molecule has 1 heterocycles. The number of nitrogens with zero attached hydrogens (tertiary/aromatic N) is 2. The third kappa shape index (κ3) is 4.87. The van der Waals surface area contributed by atoms with Crippen molar-refractivity contribution in [1.29, 1.82) is 0 Å². The first-order valence-electron chi connectivity index (χ1n) is 7.95. The third-order valence-corrected chi connectivity index (χ3v) is 4.19. The van der Waals surface area contributed by atoms with Gasteiger partial charge in [0.05, 0.1) is 10.7 Å². The van der Waals surface area contributed by atoms with Gasteiger partial charge in [-0.1, -0.05) is 35.3 Å². The second-order valence-corrected chi connectivity index (χ2v) is 6.52. The Morgan fingerprint density at radius 3 is 2.70 bits per heavy atom. The van der Waals surface area contributed by atoms with Crippen LogP contribution in [0.3, 0.4) is 0 Å². The van der Waals surface area contributed by atoms with Gasteiger partial charge in [-0.05, 0) is 36.4 Å². The van der Waals surface area contributed by atoms with E-state index in [4.69, 9.17) is 27.9 Å². The smallest absolute Gasteiger partial charge is 0.266 e. The average molecular weight is 404 g/mol. The van der Waals surface area contributed by atoms with Gasteiger partial charge in [0, 0.05) is 29.4 Å². The number of hydrogen-bond acceptors (Lipinski definition) is 4. The van der Waals surface area contributed by atoms with Crippen molar-refractivity contribution < 1.29 is 9.53 Å². The number of rotatable bonds is 5. The lowest BCUT2D eigenvalue weighted by molar-refractivity contribution is -0.118. The number of hydrogen-bond donors (Lipinski definition) is 1. The maximum atomic E-state index is 12.1. The number of benzene rings is 2. The van der Waals surface area contributed by atoms with Gasteiger partial charge in [0.25, 0.3) is 11.5 Å². The van der Waals surface area contributed by atoms with Crippen molar-refractivity contribution in [1.82, 2.24) is 9.78 Å². The Morgan fingerprint density at radius 1 is 1.15 bits per heavy atom. The molecule has 0 aliphatic heterocycles. The Kier molecular flexibility index (Phi) is 5.78. The first-order chi connectivity index (χ1) is 12.9. The summed E-state index contributed by atoms with van der Waals surface area (Å²) in [6, 6.07) is 15.0. The van der Waals surface area contributed by atoms with E-state index in [1.54, 1.807) is 49.5 Å². The number of aromatic nitrogens is 2. The van der Waals surface area contributed by atoms with E-state index >= 15 is 0 Å². The number of carbonyl (C=O) groups excluding carboxylic acids is 1. The minimum absolute atomic E-state index is 0.193. The molecule has 0 atom stereocenters. The summed E-state index contributed by atoms with van der Waals surface area (Å²) in [4.78, 5) is 23.6. The fraction of sp³-hybridized carbons (Fsp3) is 0.105. The van der Waals surface area contributed by atoms with E-state index in [0.29, 0.717) is 27.2 Å². The number of nitrogens with one attached hydrogen (secondary N) is 1. The summed E-state index contributed by atoms with van der Waals surface area (Å²) in [6.45, 7) is -0.205. The van der Waals surface area contributed by atoms with Crippen LogP contribution in [0.4, 0.5) is 5.69 Å². The molecule has 0 spiro atoms. The van der Waals surface area contributed by atoms with Crippen molar-refractivity contribution >= 4 is 34.8 Å². The van der Waals surface area contributed by atoms with Crippen LogP contribution in [-0.4, -0.2) is 22.3 Å². The zero-order chi connectivity index (χ0) is 19.4. The molecule has 3 aromatic rings. The SMILES string of the molecule is Cn1nc(-c2cccc(NC(=O)COc3ccc(Cl)cc3Cl)c2)ccc1=O. The van der Waals surface area contributed by atoms with Crippen molar-refractivity contribution in [3.05, 3.63) is 75.0 Å². The van der Waals surface area contributed by atoms with E-state index in [0.717, 1.165) is 5.56 Å². The van der Waals surface area contributed by atoms with E-state index in [-0.39, 0.29) is 18.1 Å². The van der Waals surface area contributed by atoms with Gasteiger partial charge in [0.2, 0.25) is 0 Å². The molecule has 0 saturated carbocycles. The molecule has 0 radical (unpaired) electrons. The van der Waals surface area contributed by atoms with Crippen LogP contribution >= 0.6 is 23.2 Å². The molecule has 27 heavy (non-hydrogen) atoms. The highest BCUT2D eigenvalue weighted by molar-refractivity contribution is 6.35. The number of amides is 1. The molecule has 8 heteroatoms. The molecule has 0 fully saturated rings. The molecule has 1 aromatic heterocycles.